The smallest absolute Gasteiger partial charge is 0.168 e. The third-order valence-electron chi connectivity index (χ3n) is 2.12. The molecule has 0 aliphatic heterocycles. The Balaban J connectivity index is 2.40. The minimum Gasteiger partial charge on any atom is -0.321 e. The molecule has 0 fully saturated rings. The number of hydrogen-bond donors (Lipinski definition) is 1. The fraction of sp³-hybridized carbons (Fsp3) is 0.182. The Morgan fingerprint density at radius 1 is 1.25 bits per heavy atom. The number of benzene rings is 1. The molecule has 1 atom stereocenters. The molecule has 2 rings (SSSR count). The normalized spacial score (nSPS) is 12.4. The Labute approximate surface area is 92.4 Å². The molecule has 1 aromatic heterocycles. The molecule has 0 aliphatic carbocycles. The van der Waals surface area contributed by atoms with E-state index in [9.17, 15) is 4.39 Å². The minimum atomic E-state index is -0.279. The van der Waals surface area contributed by atoms with Crippen LogP contribution in [0.4, 0.5) is 4.39 Å². The summed E-state index contributed by atoms with van der Waals surface area (Å²) in [5, 5.41) is 7.64. The average Bonchev–Trinajstić information content (AvgIpc) is 2.30. The number of rotatable bonds is 2. The molecule has 2 aromatic rings. The van der Waals surface area contributed by atoms with E-state index in [0.717, 1.165) is 5.56 Å². The van der Waals surface area contributed by atoms with Gasteiger partial charge >= 0.3 is 0 Å². The molecule has 1 heterocycles. The predicted octanol–water partition coefficient (Wildman–Crippen LogP) is 1.70. The molecular weight excluding hydrogens is 207 g/mol. The van der Waals surface area contributed by atoms with Gasteiger partial charge in [-0.05, 0) is 31.2 Å². The lowest BCUT2D eigenvalue weighted by atomic mass is 10.1. The van der Waals surface area contributed by atoms with Crippen molar-refractivity contribution in [2.75, 3.05) is 0 Å². The van der Waals surface area contributed by atoms with E-state index in [4.69, 9.17) is 5.73 Å². The molecule has 0 bridgehead atoms. The van der Waals surface area contributed by atoms with E-state index >= 15 is 0 Å². The first-order valence-corrected chi connectivity index (χ1v) is 4.88. The van der Waals surface area contributed by atoms with E-state index in [0.29, 0.717) is 11.5 Å². The molecule has 0 aliphatic rings. The molecule has 4 nitrogen and oxygen atoms in total. The van der Waals surface area contributed by atoms with Crippen LogP contribution in [0.25, 0.3) is 11.3 Å². The van der Waals surface area contributed by atoms with Gasteiger partial charge < -0.3 is 5.73 Å². The third kappa shape index (κ3) is 2.20. The molecule has 5 heteroatoms. The molecule has 16 heavy (non-hydrogen) atoms. The van der Waals surface area contributed by atoms with Crippen molar-refractivity contribution in [2.45, 2.75) is 13.0 Å². The SMILES string of the molecule is CC(N)c1nncc(-c2ccc(F)cc2)n1. The van der Waals surface area contributed by atoms with Crippen molar-refractivity contribution in [1.29, 1.82) is 0 Å². The van der Waals surface area contributed by atoms with Crippen molar-refractivity contribution < 1.29 is 4.39 Å². The summed E-state index contributed by atoms with van der Waals surface area (Å²) < 4.78 is 12.7. The molecule has 82 valence electrons. The quantitative estimate of drug-likeness (QED) is 0.833. The zero-order valence-electron chi connectivity index (χ0n) is 8.76. The van der Waals surface area contributed by atoms with Gasteiger partial charge in [0.2, 0.25) is 0 Å². The lowest BCUT2D eigenvalue weighted by Crippen LogP contribution is -2.11. The van der Waals surface area contributed by atoms with Crippen LogP contribution in [0, 0.1) is 5.82 Å². The van der Waals surface area contributed by atoms with Gasteiger partial charge in [-0.1, -0.05) is 0 Å². The average molecular weight is 218 g/mol. The monoisotopic (exact) mass is 218 g/mol. The van der Waals surface area contributed by atoms with E-state index < -0.39 is 0 Å². The van der Waals surface area contributed by atoms with Crippen molar-refractivity contribution in [2.24, 2.45) is 5.73 Å². The highest BCUT2D eigenvalue weighted by molar-refractivity contribution is 5.57. The topological polar surface area (TPSA) is 64.7 Å². The molecule has 0 radical (unpaired) electrons. The number of halogens is 1. The molecule has 2 N–H and O–H groups in total. The number of aromatic nitrogens is 3. The summed E-state index contributed by atoms with van der Waals surface area (Å²) in [6.07, 6.45) is 1.53. The van der Waals surface area contributed by atoms with Crippen molar-refractivity contribution in [3.63, 3.8) is 0 Å². The number of nitrogens with two attached hydrogens (primary N) is 1. The Bertz CT molecular complexity index is 482. The maximum Gasteiger partial charge on any atom is 0.168 e. The van der Waals surface area contributed by atoms with Gasteiger partial charge in [0.15, 0.2) is 5.82 Å². The Morgan fingerprint density at radius 2 is 1.94 bits per heavy atom. The summed E-state index contributed by atoms with van der Waals surface area (Å²) in [5.74, 6) is 0.194. The largest absolute Gasteiger partial charge is 0.321 e. The van der Waals surface area contributed by atoms with Crippen LogP contribution >= 0.6 is 0 Å². The Kier molecular flexibility index (Phi) is 2.87. The lowest BCUT2D eigenvalue weighted by molar-refractivity contribution is 0.628. The molecule has 0 amide bonds. The van der Waals surface area contributed by atoms with Crippen LogP contribution in [-0.2, 0) is 0 Å². The third-order valence-corrected chi connectivity index (χ3v) is 2.12. The maximum atomic E-state index is 12.7. The highest BCUT2D eigenvalue weighted by Crippen LogP contribution is 2.16. The fourth-order valence-corrected chi connectivity index (χ4v) is 1.27. The van der Waals surface area contributed by atoms with Crippen LogP contribution in [-0.4, -0.2) is 15.2 Å². The standard InChI is InChI=1S/C11H11FN4/c1-7(13)11-15-10(6-14-16-11)8-2-4-9(12)5-3-8/h2-7H,13H2,1H3. The summed E-state index contributed by atoms with van der Waals surface area (Å²) in [5.41, 5.74) is 7.09. The van der Waals surface area contributed by atoms with Crippen LogP contribution in [0.1, 0.15) is 18.8 Å². The van der Waals surface area contributed by atoms with Gasteiger partial charge in [-0.25, -0.2) is 9.37 Å². The van der Waals surface area contributed by atoms with E-state index in [1.165, 1.54) is 18.3 Å². The van der Waals surface area contributed by atoms with Crippen molar-refractivity contribution >= 4 is 0 Å². The highest BCUT2D eigenvalue weighted by Gasteiger charge is 2.06. The lowest BCUT2D eigenvalue weighted by Gasteiger charge is -2.04. The summed E-state index contributed by atoms with van der Waals surface area (Å²) in [4.78, 5) is 4.25. The van der Waals surface area contributed by atoms with E-state index in [1.54, 1.807) is 19.1 Å². The summed E-state index contributed by atoms with van der Waals surface area (Å²) in [6.45, 7) is 1.78. The first kappa shape index (κ1) is 10.6. The van der Waals surface area contributed by atoms with Gasteiger partial charge in [0.25, 0.3) is 0 Å². The van der Waals surface area contributed by atoms with Crippen molar-refractivity contribution in [3.05, 3.63) is 42.1 Å². The van der Waals surface area contributed by atoms with Gasteiger partial charge in [0, 0.05) is 5.56 Å². The predicted molar refractivity (Wildman–Crippen MR) is 57.8 cm³/mol. The van der Waals surface area contributed by atoms with Gasteiger partial charge in [-0.2, -0.15) is 5.10 Å². The molecule has 0 saturated carbocycles. The second kappa shape index (κ2) is 4.32. The van der Waals surface area contributed by atoms with Crippen LogP contribution in [0.2, 0.25) is 0 Å². The Hall–Kier alpha value is -1.88. The molecule has 1 unspecified atom stereocenters. The van der Waals surface area contributed by atoms with E-state index in [-0.39, 0.29) is 11.9 Å². The molecule has 0 saturated heterocycles. The summed E-state index contributed by atoms with van der Waals surface area (Å²) in [6, 6.07) is 5.77. The van der Waals surface area contributed by atoms with Gasteiger partial charge in [-0.3, -0.25) is 0 Å². The Morgan fingerprint density at radius 3 is 2.56 bits per heavy atom. The molecular formula is C11H11FN4. The zero-order valence-corrected chi connectivity index (χ0v) is 8.76. The second-order valence-corrected chi connectivity index (χ2v) is 3.50. The second-order valence-electron chi connectivity index (χ2n) is 3.50. The first-order valence-electron chi connectivity index (χ1n) is 4.88. The van der Waals surface area contributed by atoms with Crippen molar-refractivity contribution in [1.82, 2.24) is 15.2 Å². The van der Waals surface area contributed by atoms with Gasteiger partial charge in [-0.15, -0.1) is 5.10 Å². The number of hydrogen-bond acceptors (Lipinski definition) is 4. The van der Waals surface area contributed by atoms with Gasteiger partial charge in [0.05, 0.1) is 17.9 Å². The molecule has 0 spiro atoms. The zero-order chi connectivity index (χ0) is 11.5. The fourth-order valence-electron chi connectivity index (χ4n) is 1.27. The highest BCUT2D eigenvalue weighted by atomic mass is 19.1. The van der Waals surface area contributed by atoms with Crippen LogP contribution in [0.15, 0.2) is 30.5 Å². The maximum absolute atomic E-state index is 12.7. The van der Waals surface area contributed by atoms with Crippen LogP contribution < -0.4 is 5.73 Å². The molecule has 1 aromatic carbocycles. The van der Waals surface area contributed by atoms with Crippen LogP contribution in [0.5, 0.6) is 0 Å². The van der Waals surface area contributed by atoms with Crippen LogP contribution in [0.3, 0.4) is 0 Å². The number of nitrogens with zero attached hydrogens (tertiary/aromatic N) is 3. The van der Waals surface area contributed by atoms with Crippen molar-refractivity contribution in [3.8, 4) is 11.3 Å². The van der Waals surface area contributed by atoms with Gasteiger partial charge in [0.1, 0.15) is 5.82 Å². The minimum absolute atomic E-state index is 0.270. The van der Waals surface area contributed by atoms with E-state index in [1.807, 2.05) is 0 Å². The summed E-state index contributed by atoms with van der Waals surface area (Å²) in [7, 11) is 0. The van der Waals surface area contributed by atoms with E-state index in [2.05, 4.69) is 15.2 Å². The summed E-state index contributed by atoms with van der Waals surface area (Å²) >= 11 is 0. The first-order chi connectivity index (χ1) is 7.66.